The number of hydrogen-bond donors (Lipinski definition) is 0. The Labute approximate surface area is 136 Å². The maximum absolute atomic E-state index is 12.9. The first kappa shape index (κ1) is 14.9. The number of hydrogen-bond acceptors (Lipinski definition) is 3. The Kier molecular flexibility index (Phi) is 3.74. The number of rotatable bonds is 2. The number of piperidine rings is 1. The van der Waals surface area contributed by atoms with Gasteiger partial charge in [-0.15, -0.1) is 0 Å². The second-order valence-corrected chi connectivity index (χ2v) is 7.39. The summed E-state index contributed by atoms with van der Waals surface area (Å²) in [5, 5.41) is 0. The summed E-state index contributed by atoms with van der Waals surface area (Å²) in [6, 6.07) is 0.460. The summed E-state index contributed by atoms with van der Waals surface area (Å²) in [5.74, 6) is 0.405. The lowest BCUT2D eigenvalue weighted by Gasteiger charge is -2.43. The number of amides is 3. The molecular formula is C18H24N2O3. The molecule has 2 bridgehead atoms. The molecule has 0 aromatic rings. The quantitative estimate of drug-likeness (QED) is 0.578. The number of fused-ring (bicyclic) bond motifs is 2. The average molecular weight is 316 g/mol. The number of likely N-dealkylation sites (tertiary alicyclic amines) is 1. The van der Waals surface area contributed by atoms with Gasteiger partial charge in [0, 0.05) is 36.9 Å². The zero-order valence-corrected chi connectivity index (χ0v) is 13.4. The SMILES string of the molecule is O=C1CCC(=O)N1C1CC2CCC(C1)N2C(=O)C1CC=CCC1. The number of allylic oxidation sites excluding steroid dienone is 2. The van der Waals surface area contributed by atoms with Gasteiger partial charge in [-0.2, -0.15) is 0 Å². The van der Waals surface area contributed by atoms with Gasteiger partial charge in [0.25, 0.3) is 0 Å². The van der Waals surface area contributed by atoms with Gasteiger partial charge in [0.15, 0.2) is 0 Å². The second kappa shape index (κ2) is 5.77. The van der Waals surface area contributed by atoms with Gasteiger partial charge in [-0.3, -0.25) is 19.3 Å². The molecule has 0 saturated carbocycles. The fourth-order valence-electron chi connectivity index (χ4n) is 4.95. The smallest absolute Gasteiger partial charge is 0.229 e. The van der Waals surface area contributed by atoms with Crippen molar-refractivity contribution >= 4 is 17.7 Å². The van der Waals surface area contributed by atoms with Crippen molar-refractivity contribution in [2.75, 3.05) is 0 Å². The van der Waals surface area contributed by atoms with Crippen LogP contribution in [-0.2, 0) is 14.4 Å². The van der Waals surface area contributed by atoms with Crippen LogP contribution in [-0.4, -0.2) is 45.6 Å². The zero-order valence-electron chi connectivity index (χ0n) is 13.4. The van der Waals surface area contributed by atoms with Crippen LogP contribution in [0.2, 0.25) is 0 Å². The van der Waals surface area contributed by atoms with Crippen LogP contribution < -0.4 is 0 Å². The predicted octanol–water partition coefficient (Wildman–Crippen LogP) is 2.01. The fourth-order valence-corrected chi connectivity index (χ4v) is 4.95. The number of nitrogens with zero attached hydrogens (tertiary/aromatic N) is 2. The normalized spacial score (nSPS) is 36.9. The molecule has 23 heavy (non-hydrogen) atoms. The number of imide groups is 1. The first-order valence-electron chi connectivity index (χ1n) is 8.97. The van der Waals surface area contributed by atoms with E-state index in [0.29, 0.717) is 18.7 Å². The van der Waals surface area contributed by atoms with E-state index >= 15 is 0 Å². The van der Waals surface area contributed by atoms with Gasteiger partial charge in [-0.05, 0) is 44.9 Å². The Hall–Kier alpha value is -1.65. The Morgan fingerprint density at radius 2 is 1.57 bits per heavy atom. The molecule has 3 unspecified atom stereocenters. The Bertz CT molecular complexity index is 541. The van der Waals surface area contributed by atoms with Crippen molar-refractivity contribution in [3.63, 3.8) is 0 Å². The van der Waals surface area contributed by atoms with E-state index in [1.54, 1.807) is 0 Å². The number of carbonyl (C=O) groups is 3. The van der Waals surface area contributed by atoms with Gasteiger partial charge in [-0.1, -0.05) is 12.2 Å². The lowest BCUT2D eigenvalue weighted by Crippen LogP contribution is -2.54. The largest absolute Gasteiger partial charge is 0.336 e. The molecule has 4 aliphatic rings. The topological polar surface area (TPSA) is 57.7 Å². The van der Waals surface area contributed by atoms with E-state index in [1.807, 2.05) is 0 Å². The fraction of sp³-hybridized carbons (Fsp3) is 0.722. The molecule has 0 radical (unpaired) electrons. The molecule has 0 aromatic heterocycles. The van der Waals surface area contributed by atoms with Crippen molar-refractivity contribution in [2.24, 2.45) is 5.92 Å². The Morgan fingerprint density at radius 3 is 2.13 bits per heavy atom. The van der Waals surface area contributed by atoms with Crippen molar-refractivity contribution < 1.29 is 14.4 Å². The first-order valence-corrected chi connectivity index (χ1v) is 8.97. The molecule has 5 nitrogen and oxygen atoms in total. The van der Waals surface area contributed by atoms with Crippen LogP contribution >= 0.6 is 0 Å². The monoisotopic (exact) mass is 316 g/mol. The first-order chi connectivity index (χ1) is 11.1. The standard InChI is InChI=1S/C18H24N2O3/c21-16-8-9-17(22)20(16)15-10-13-6-7-14(11-15)19(13)18(23)12-4-2-1-3-5-12/h1-2,12-15H,3-11H2. The summed E-state index contributed by atoms with van der Waals surface area (Å²) in [6.07, 6.45) is 11.4. The zero-order chi connectivity index (χ0) is 16.0. The Balaban J connectivity index is 1.48. The molecular weight excluding hydrogens is 292 g/mol. The van der Waals surface area contributed by atoms with Crippen molar-refractivity contribution in [3.8, 4) is 0 Å². The molecule has 0 spiro atoms. The van der Waals surface area contributed by atoms with E-state index in [2.05, 4.69) is 17.1 Å². The van der Waals surface area contributed by atoms with E-state index in [1.165, 1.54) is 4.90 Å². The summed E-state index contributed by atoms with van der Waals surface area (Å²) in [7, 11) is 0. The minimum atomic E-state index is -0.0170. The van der Waals surface area contributed by atoms with E-state index in [0.717, 1.165) is 44.9 Å². The molecule has 3 fully saturated rings. The van der Waals surface area contributed by atoms with Crippen LogP contribution in [0.25, 0.3) is 0 Å². The number of carbonyl (C=O) groups excluding carboxylic acids is 3. The summed E-state index contributed by atoms with van der Waals surface area (Å²) in [6.45, 7) is 0. The third kappa shape index (κ3) is 2.50. The van der Waals surface area contributed by atoms with Crippen LogP contribution in [0.1, 0.15) is 57.8 Å². The van der Waals surface area contributed by atoms with Gasteiger partial charge < -0.3 is 4.90 Å². The molecule has 3 saturated heterocycles. The van der Waals surface area contributed by atoms with Crippen molar-refractivity contribution in [1.29, 1.82) is 0 Å². The van der Waals surface area contributed by atoms with E-state index in [4.69, 9.17) is 0 Å². The summed E-state index contributed by atoms with van der Waals surface area (Å²) in [4.78, 5) is 40.5. The third-order valence-electron chi connectivity index (χ3n) is 6.04. The minimum Gasteiger partial charge on any atom is -0.336 e. The van der Waals surface area contributed by atoms with Crippen molar-refractivity contribution in [1.82, 2.24) is 9.80 Å². The highest BCUT2D eigenvalue weighted by molar-refractivity contribution is 6.02. The lowest BCUT2D eigenvalue weighted by molar-refractivity contribution is -0.146. The highest BCUT2D eigenvalue weighted by atomic mass is 16.2. The maximum Gasteiger partial charge on any atom is 0.229 e. The highest BCUT2D eigenvalue weighted by Crippen LogP contribution is 2.40. The molecule has 1 aliphatic carbocycles. The molecule has 124 valence electrons. The van der Waals surface area contributed by atoms with Crippen LogP contribution in [0.3, 0.4) is 0 Å². The predicted molar refractivity (Wildman–Crippen MR) is 84.2 cm³/mol. The van der Waals surface area contributed by atoms with Crippen molar-refractivity contribution in [2.45, 2.75) is 75.9 Å². The highest BCUT2D eigenvalue weighted by Gasteiger charge is 2.48. The summed E-state index contributed by atoms with van der Waals surface area (Å²) < 4.78 is 0. The van der Waals surface area contributed by atoms with Crippen LogP contribution in [0.4, 0.5) is 0 Å². The van der Waals surface area contributed by atoms with Gasteiger partial charge in [0.1, 0.15) is 0 Å². The van der Waals surface area contributed by atoms with Crippen LogP contribution in [0.5, 0.6) is 0 Å². The summed E-state index contributed by atoms with van der Waals surface area (Å²) in [5.41, 5.74) is 0. The molecule has 3 aliphatic heterocycles. The average Bonchev–Trinajstić information content (AvgIpc) is 3.03. The Morgan fingerprint density at radius 1 is 0.913 bits per heavy atom. The molecule has 3 amide bonds. The van der Waals surface area contributed by atoms with Gasteiger partial charge >= 0.3 is 0 Å². The van der Waals surface area contributed by atoms with Gasteiger partial charge in [0.2, 0.25) is 17.7 Å². The van der Waals surface area contributed by atoms with Crippen LogP contribution in [0.15, 0.2) is 12.2 Å². The van der Waals surface area contributed by atoms with Crippen molar-refractivity contribution in [3.05, 3.63) is 12.2 Å². The van der Waals surface area contributed by atoms with Gasteiger partial charge in [-0.25, -0.2) is 0 Å². The molecule has 0 N–H and O–H groups in total. The minimum absolute atomic E-state index is 0.0170. The molecule has 4 rings (SSSR count). The van der Waals surface area contributed by atoms with E-state index < -0.39 is 0 Å². The third-order valence-corrected chi connectivity index (χ3v) is 6.04. The van der Waals surface area contributed by atoms with Crippen LogP contribution in [0, 0.1) is 5.92 Å². The van der Waals surface area contributed by atoms with E-state index in [-0.39, 0.29) is 35.9 Å². The second-order valence-electron chi connectivity index (χ2n) is 7.39. The van der Waals surface area contributed by atoms with Gasteiger partial charge in [0.05, 0.1) is 0 Å². The molecule has 0 aromatic carbocycles. The summed E-state index contributed by atoms with van der Waals surface area (Å²) >= 11 is 0. The molecule has 5 heteroatoms. The maximum atomic E-state index is 12.9. The molecule has 3 atom stereocenters. The van der Waals surface area contributed by atoms with E-state index in [9.17, 15) is 14.4 Å². The molecule has 3 heterocycles. The lowest BCUT2D eigenvalue weighted by atomic mass is 9.89.